The Balaban J connectivity index is 1.75. The van der Waals surface area contributed by atoms with Gasteiger partial charge in [0.1, 0.15) is 17.4 Å². The maximum absolute atomic E-state index is 12.6. The van der Waals surface area contributed by atoms with Crippen LogP contribution in [0, 0.1) is 11.3 Å². The lowest BCUT2D eigenvalue weighted by atomic mass is 10.1. The molecule has 8 nitrogen and oxygen atoms in total. The summed E-state index contributed by atoms with van der Waals surface area (Å²) in [5, 5.41) is 9.48. The van der Waals surface area contributed by atoms with E-state index in [4.69, 9.17) is 18.9 Å². The molecule has 1 saturated heterocycles. The first-order valence-electron chi connectivity index (χ1n) is 10.4. The fraction of sp³-hybridized carbons (Fsp3) is 0.240. The molecule has 0 saturated carbocycles. The summed E-state index contributed by atoms with van der Waals surface area (Å²) in [4.78, 5) is 26.6. The van der Waals surface area contributed by atoms with Gasteiger partial charge in [-0.15, -0.1) is 0 Å². The molecular weight excluding hydrogens is 504 g/mol. The fourth-order valence-electron chi connectivity index (χ4n) is 3.24. The topological polar surface area (TPSA) is 98.1 Å². The maximum Gasteiger partial charge on any atom is 0.336 e. The summed E-state index contributed by atoms with van der Waals surface area (Å²) in [6, 6.07) is 12.2. The van der Waals surface area contributed by atoms with Crippen LogP contribution in [0.5, 0.6) is 17.2 Å². The number of amides is 1. The van der Waals surface area contributed by atoms with E-state index in [1.165, 1.54) is 19.3 Å². The van der Waals surface area contributed by atoms with Crippen molar-refractivity contribution in [1.82, 2.24) is 4.90 Å². The number of carbonyl (C=O) groups is 2. The molecule has 1 aliphatic rings. The molecule has 0 radical (unpaired) electrons. The van der Waals surface area contributed by atoms with Gasteiger partial charge in [-0.05, 0) is 48.0 Å². The number of ether oxygens (including phenoxy) is 4. The molecule has 2 aromatic rings. The van der Waals surface area contributed by atoms with Gasteiger partial charge in [0.25, 0.3) is 5.91 Å². The molecule has 34 heavy (non-hydrogen) atoms. The standard InChI is InChI=1S/C25H23BrN2O6/c1-31-21-7-5-20(26)15-18(21)4-8-24(29)34-22-6-3-17(14-23(22)32-2)13-19(16-27)25(30)28-9-11-33-12-10-28/h3-8,13-15H,9-12H2,1-2H3/b8-4+,19-13+. The van der Waals surface area contributed by atoms with Gasteiger partial charge in [0, 0.05) is 29.2 Å². The summed E-state index contributed by atoms with van der Waals surface area (Å²) >= 11 is 3.39. The van der Waals surface area contributed by atoms with Crippen LogP contribution >= 0.6 is 15.9 Å². The third-order valence-electron chi connectivity index (χ3n) is 4.95. The fourth-order valence-corrected chi connectivity index (χ4v) is 3.62. The van der Waals surface area contributed by atoms with Crippen LogP contribution in [-0.4, -0.2) is 57.3 Å². The first-order chi connectivity index (χ1) is 16.4. The molecule has 1 heterocycles. The minimum atomic E-state index is -0.608. The SMILES string of the molecule is COc1ccc(Br)cc1/C=C/C(=O)Oc1ccc(/C=C(\C#N)C(=O)N2CCOCC2)cc1OC. The van der Waals surface area contributed by atoms with Crippen LogP contribution in [0.15, 0.2) is 52.5 Å². The number of esters is 1. The zero-order valence-corrected chi connectivity index (χ0v) is 20.3. The number of methoxy groups -OCH3 is 2. The second-order valence-electron chi connectivity index (χ2n) is 7.13. The number of halogens is 1. The molecule has 0 N–H and O–H groups in total. The number of hydrogen-bond acceptors (Lipinski definition) is 7. The van der Waals surface area contributed by atoms with Crippen LogP contribution in [0.4, 0.5) is 0 Å². The highest BCUT2D eigenvalue weighted by Gasteiger charge is 2.21. The van der Waals surface area contributed by atoms with E-state index in [1.807, 2.05) is 18.2 Å². The Hall–Kier alpha value is -3.61. The third kappa shape index (κ3) is 6.47. The van der Waals surface area contributed by atoms with Gasteiger partial charge in [-0.25, -0.2) is 4.79 Å². The van der Waals surface area contributed by atoms with Crippen molar-refractivity contribution in [3.05, 3.63) is 63.6 Å². The first kappa shape index (κ1) is 25.0. The van der Waals surface area contributed by atoms with Crippen molar-refractivity contribution in [2.75, 3.05) is 40.5 Å². The predicted molar refractivity (Wildman–Crippen MR) is 129 cm³/mol. The van der Waals surface area contributed by atoms with E-state index < -0.39 is 5.97 Å². The Morgan fingerprint density at radius 2 is 1.76 bits per heavy atom. The summed E-state index contributed by atoms with van der Waals surface area (Å²) < 4.78 is 22.1. The zero-order chi connectivity index (χ0) is 24.5. The van der Waals surface area contributed by atoms with Gasteiger partial charge < -0.3 is 23.8 Å². The molecule has 0 atom stereocenters. The normalized spacial score (nSPS) is 13.9. The van der Waals surface area contributed by atoms with Gasteiger partial charge in [0.15, 0.2) is 11.5 Å². The maximum atomic E-state index is 12.6. The van der Waals surface area contributed by atoms with Crippen molar-refractivity contribution in [2.24, 2.45) is 0 Å². The van der Waals surface area contributed by atoms with Gasteiger partial charge in [0.05, 0.1) is 27.4 Å². The number of rotatable bonds is 7. The largest absolute Gasteiger partial charge is 0.496 e. The third-order valence-corrected chi connectivity index (χ3v) is 5.44. The first-order valence-corrected chi connectivity index (χ1v) is 11.1. The van der Waals surface area contributed by atoms with Crippen LogP contribution in [0.2, 0.25) is 0 Å². The number of hydrogen-bond donors (Lipinski definition) is 0. The Morgan fingerprint density at radius 1 is 1.06 bits per heavy atom. The monoisotopic (exact) mass is 526 g/mol. The molecule has 9 heteroatoms. The van der Waals surface area contributed by atoms with Crippen LogP contribution in [0.3, 0.4) is 0 Å². The van der Waals surface area contributed by atoms with E-state index in [0.717, 1.165) is 4.47 Å². The Kier molecular flexibility index (Phi) is 8.85. The summed E-state index contributed by atoms with van der Waals surface area (Å²) in [5.74, 6) is 0.137. The van der Waals surface area contributed by atoms with E-state index in [1.54, 1.807) is 42.4 Å². The average Bonchev–Trinajstić information content (AvgIpc) is 2.87. The van der Waals surface area contributed by atoms with E-state index in [-0.39, 0.29) is 23.0 Å². The summed E-state index contributed by atoms with van der Waals surface area (Å²) in [7, 11) is 2.98. The second-order valence-corrected chi connectivity index (χ2v) is 8.04. The summed E-state index contributed by atoms with van der Waals surface area (Å²) in [6.45, 7) is 1.77. The molecule has 176 valence electrons. The minimum Gasteiger partial charge on any atom is -0.496 e. The smallest absolute Gasteiger partial charge is 0.336 e. The number of morpholine rings is 1. The number of nitrogens with zero attached hydrogens (tertiary/aromatic N) is 2. The Morgan fingerprint density at radius 3 is 2.44 bits per heavy atom. The predicted octanol–water partition coefficient (Wildman–Crippen LogP) is 3.85. The lowest BCUT2D eigenvalue weighted by Gasteiger charge is -2.26. The van der Waals surface area contributed by atoms with Gasteiger partial charge in [-0.1, -0.05) is 22.0 Å². The van der Waals surface area contributed by atoms with Gasteiger partial charge in [-0.3, -0.25) is 4.79 Å². The van der Waals surface area contributed by atoms with Crippen molar-refractivity contribution in [3.8, 4) is 23.3 Å². The van der Waals surface area contributed by atoms with Crippen LogP contribution in [0.1, 0.15) is 11.1 Å². The van der Waals surface area contributed by atoms with Crippen molar-refractivity contribution in [1.29, 1.82) is 5.26 Å². The van der Waals surface area contributed by atoms with Crippen molar-refractivity contribution in [2.45, 2.75) is 0 Å². The van der Waals surface area contributed by atoms with Crippen LogP contribution < -0.4 is 14.2 Å². The van der Waals surface area contributed by atoms with E-state index in [9.17, 15) is 14.9 Å². The van der Waals surface area contributed by atoms with Gasteiger partial charge in [0.2, 0.25) is 0 Å². The molecule has 1 fully saturated rings. The number of carbonyl (C=O) groups excluding carboxylic acids is 2. The quantitative estimate of drug-likeness (QED) is 0.234. The average molecular weight is 527 g/mol. The summed E-state index contributed by atoms with van der Waals surface area (Å²) in [6.07, 6.45) is 4.35. The number of benzene rings is 2. The Bertz CT molecular complexity index is 1160. The molecule has 0 spiro atoms. The lowest BCUT2D eigenvalue weighted by molar-refractivity contribution is -0.130. The van der Waals surface area contributed by atoms with Crippen molar-refractivity contribution in [3.63, 3.8) is 0 Å². The molecule has 0 bridgehead atoms. The molecule has 1 aliphatic heterocycles. The molecule has 3 rings (SSSR count). The second kappa shape index (κ2) is 12.0. The highest BCUT2D eigenvalue weighted by molar-refractivity contribution is 9.10. The van der Waals surface area contributed by atoms with E-state index in [0.29, 0.717) is 43.2 Å². The molecule has 0 unspecified atom stereocenters. The molecule has 2 aromatic carbocycles. The van der Waals surface area contributed by atoms with Crippen molar-refractivity contribution >= 4 is 40.0 Å². The molecular formula is C25H23BrN2O6. The number of nitriles is 1. The van der Waals surface area contributed by atoms with E-state index in [2.05, 4.69) is 15.9 Å². The van der Waals surface area contributed by atoms with Gasteiger partial charge in [-0.2, -0.15) is 5.26 Å². The highest BCUT2D eigenvalue weighted by atomic mass is 79.9. The van der Waals surface area contributed by atoms with Gasteiger partial charge >= 0.3 is 5.97 Å². The Labute approximate surface area is 206 Å². The lowest BCUT2D eigenvalue weighted by Crippen LogP contribution is -2.41. The molecule has 0 aliphatic carbocycles. The zero-order valence-electron chi connectivity index (χ0n) is 18.7. The minimum absolute atomic E-state index is 0.000370. The van der Waals surface area contributed by atoms with Crippen LogP contribution in [0.25, 0.3) is 12.2 Å². The summed E-state index contributed by atoms with van der Waals surface area (Å²) in [5.41, 5.74) is 1.26. The molecule has 0 aromatic heterocycles. The molecule has 1 amide bonds. The van der Waals surface area contributed by atoms with E-state index >= 15 is 0 Å². The van der Waals surface area contributed by atoms with Crippen LogP contribution in [-0.2, 0) is 14.3 Å². The highest BCUT2D eigenvalue weighted by Crippen LogP contribution is 2.30. The van der Waals surface area contributed by atoms with Crippen molar-refractivity contribution < 1.29 is 28.5 Å².